The summed E-state index contributed by atoms with van der Waals surface area (Å²) in [6.07, 6.45) is 0. The van der Waals surface area contributed by atoms with Crippen molar-refractivity contribution < 1.29 is 10.0 Å². The lowest BCUT2D eigenvalue weighted by Crippen LogP contribution is -2.29. The van der Waals surface area contributed by atoms with Crippen molar-refractivity contribution in [3.05, 3.63) is 393 Å². The first-order valence-electron chi connectivity index (χ1n) is 36.5. The first-order valence-corrected chi connectivity index (χ1v) is 37.3. The van der Waals surface area contributed by atoms with E-state index < -0.39 is 7.12 Å². The van der Waals surface area contributed by atoms with E-state index >= 15 is 0 Å². The molecule has 0 fully saturated rings. The van der Waals surface area contributed by atoms with Crippen molar-refractivity contribution in [2.45, 2.75) is 0 Å². The van der Waals surface area contributed by atoms with Gasteiger partial charge in [-0.2, -0.15) is 0 Å². The van der Waals surface area contributed by atoms with Crippen molar-refractivity contribution in [1.29, 1.82) is 0 Å². The number of fused-ring (bicyclic) bond motifs is 8. The number of hydrogen-bond donors (Lipinski definition) is 2. The number of halogens is 1. The van der Waals surface area contributed by atoms with Gasteiger partial charge in [-0.3, -0.25) is 0 Å². The zero-order valence-corrected chi connectivity index (χ0v) is 61.0. The molecule has 0 amide bonds. The zero-order valence-electron chi connectivity index (χ0n) is 59.4. The van der Waals surface area contributed by atoms with Crippen LogP contribution in [0.3, 0.4) is 0 Å². The van der Waals surface area contributed by atoms with Gasteiger partial charge < -0.3 is 19.2 Å². The van der Waals surface area contributed by atoms with E-state index in [1.54, 1.807) is 12.1 Å². The average molecular weight is 1480 g/mol. The third-order valence-electron chi connectivity index (χ3n) is 20.0. The predicted octanol–water partition coefficient (Wildman–Crippen LogP) is 23.4. The van der Waals surface area contributed by atoms with Crippen LogP contribution in [0, 0.1) is 0 Å². The Labute approximate surface area is 644 Å². The van der Waals surface area contributed by atoms with Crippen LogP contribution in [0.1, 0.15) is 0 Å². The lowest BCUT2D eigenvalue weighted by Gasteiger charge is -2.13. The fourth-order valence-corrected chi connectivity index (χ4v) is 15.1. The highest BCUT2D eigenvalue weighted by molar-refractivity contribution is 9.10. The first kappa shape index (κ1) is 68.0. The number of hydrogen-bond acceptors (Lipinski definition) is 8. The summed E-state index contributed by atoms with van der Waals surface area (Å²) in [5.41, 5.74) is 19.8. The molecule has 0 unspecified atom stereocenters. The molecular weight excluding hydrogens is 1410 g/mol. The van der Waals surface area contributed by atoms with Crippen LogP contribution in [0.5, 0.6) is 0 Å². The molecule has 0 aliphatic carbocycles. The summed E-state index contributed by atoms with van der Waals surface area (Å²) in [7, 11) is -1.50. The van der Waals surface area contributed by atoms with Crippen LogP contribution in [-0.2, 0) is 0 Å². The normalized spacial score (nSPS) is 11.2. The lowest BCUT2D eigenvalue weighted by molar-refractivity contribution is 0.426. The van der Waals surface area contributed by atoms with Crippen LogP contribution in [-0.4, -0.2) is 56.2 Å². The molecule has 0 saturated heterocycles. The van der Waals surface area contributed by atoms with E-state index in [0.717, 1.165) is 82.0 Å². The smallest absolute Gasteiger partial charge is 0.423 e. The molecule has 110 heavy (non-hydrogen) atoms. The number of aromatic nitrogens is 8. The van der Waals surface area contributed by atoms with Crippen molar-refractivity contribution in [2.75, 3.05) is 0 Å². The molecule has 4 aromatic heterocycles. The third kappa shape index (κ3) is 13.7. The molecule has 20 aromatic rings. The Bertz CT molecular complexity index is 6620. The summed E-state index contributed by atoms with van der Waals surface area (Å²) in [4.78, 5) is 29.6. The molecule has 520 valence electrons. The molecule has 2 N–H and O–H groups in total. The summed E-state index contributed by atoms with van der Waals surface area (Å²) in [6, 6.07) is 133. The maximum absolute atomic E-state index is 9.52. The quantitative estimate of drug-likeness (QED) is 0.116. The summed E-state index contributed by atoms with van der Waals surface area (Å²) in [5.74, 6) is 3.75. The molecule has 0 aliphatic heterocycles. The number of nitrogens with zero attached hydrogens (tertiary/aromatic N) is 8. The molecule has 0 aliphatic rings. The number of rotatable bonds is 12. The molecule has 0 atom stereocenters. The van der Waals surface area contributed by atoms with Gasteiger partial charge in [0.1, 0.15) is 0 Å². The van der Waals surface area contributed by atoms with Gasteiger partial charge in [-0.05, 0) is 151 Å². The van der Waals surface area contributed by atoms with Crippen molar-refractivity contribution >= 4 is 93.7 Å². The Morgan fingerprint density at radius 2 is 0.518 bits per heavy atom. The van der Waals surface area contributed by atoms with E-state index in [0.29, 0.717) is 40.4 Å². The van der Waals surface area contributed by atoms with Gasteiger partial charge in [0.25, 0.3) is 0 Å². The highest BCUT2D eigenvalue weighted by Crippen LogP contribution is 2.41. The predicted molar refractivity (Wildman–Crippen MR) is 456 cm³/mol. The van der Waals surface area contributed by atoms with E-state index in [1.165, 1.54) is 65.8 Å². The molecule has 20 rings (SSSR count). The Balaban J connectivity index is 0.000000128. The van der Waals surface area contributed by atoms with Crippen LogP contribution in [0.15, 0.2) is 393 Å². The summed E-state index contributed by atoms with van der Waals surface area (Å²) in [6.45, 7) is 0. The van der Waals surface area contributed by atoms with Crippen molar-refractivity contribution in [3.8, 4) is 113 Å². The van der Waals surface area contributed by atoms with Gasteiger partial charge in [0.15, 0.2) is 34.9 Å². The molecule has 0 saturated carbocycles. The topological polar surface area (TPSA) is 128 Å². The van der Waals surface area contributed by atoms with E-state index in [4.69, 9.17) is 29.9 Å². The van der Waals surface area contributed by atoms with E-state index in [1.807, 2.05) is 152 Å². The van der Waals surface area contributed by atoms with Crippen LogP contribution < -0.4 is 5.46 Å². The minimum Gasteiger partial charge on any atom is -0.423 e. The van der Waals surface area contributed by atoms with E-state index in [2.05, 4.69) is 250 Å². The molecule has 10 nitrogen and oxygen atoms in total. The Morgan fingerprint density at radius 1 is 0.218 bits per heavy atom. The maximum atomic E-state index is 9.52. The van der Waals surface area contributed by atoms with Gasteiger partial charge in [0.05, 0.1) is 22.1 Å². The van der Waals surface area contributed by atoms with Gasteiger partial charge in [0.2, 0.25) is 0 Å². The fourth-order valence-electron chi connectivity index (χ4n) is 14.7. The molecular formula is C98H66BBrN8O2. The van der Waals surface area contributed by atoms with Gasteiger partial charge in [-0.1, -0.05) is 313 Å². The molecule has 0 spiro atoms. The average Bonchev–Trinajstić information content (AvgIpc) is 1.67. The van der Waals surface area contributed by atoms with Gasteiger partial charge in [-0.15, -0.1) is 0 Å². The van der Waals surface area contributed by atoms with Crippen molar-refractivity contribution in [1.82, 2.24) is 39.0 Å². The van der Waals surface area contributed by atoms with E-state index in [-0.39, 0.29) is 0 Å². The van der Waals surface area contributed by atoms with Crippen LogP contribution in [0.2, 0.25) is 0 Å². The molecule has 0 radical (unpaired) electrons. The monoisotopic (exact) mass is 1480 g/mol. The highest BCUT2D eigenvalue weighted by Gasteiger charge is 2.21. The van der Waals surface area contributed by atoms with Crippen LogP contribution >= 0.6 is 15.9 Å². The first-order chi connectivity index (χ1) is 54.3. The summed E-state index contributed by atoms with van der Waals surface area (Å²) < 4.78 is 5.78. The second-order valence-corrected chi connectivity index (χ2v) is 27.8. The Hall–Kier alpha value is -13.9. The van der Waals surface area contributed by atoms with Gasteiger partial charge >= 0.3 is 7.12 Å². The Morgan fingerprint density at radius 3 is 0.918 bits per heavy atom. The van der Waals surface area contributed by atoms with Crippen molar-refractivity contribution in [3.63, 3.8) is 0 Å². The molecule has 12 heteroatoms. The minimum absolute atomic E-state index is 0.446. The number of benzene rings is 16. The lowest BCUT2D eigenvalue weighted by atomic mass is 9.79. The Kier molecular flexibility index (Phi) is 18.6. The maximum Gasteiger partial charge on any atom is 0.488 e. The van der Waals surface area contributed by atoms with Gasteiger partial charge in [-0.25, -0.2) is 29.9 Å². The van der Waals surface area contributed by atoms with Crippen LogP contribution in [0.25, 0.3) is 178 Å². The minimum atomic E-state index is -1.50. The summed E-state index contributed by atoms with van der Waals surface area (Å²) >= 11 is 3.57. The zero-order chi connectivity index (χ0) is 73.9. The third-order valence-corrected chi connectivity index (χ3v) is 20.5. The standard InChI is InChI=1S/C49H32N4.C31H22BN3O2.C18H12BrN/c1-4-14-35(15-5-1)47-50-48(36-16-6-2-7-17-36)52-49(51-47)39-30-38-18-10-11-21-41(38)43(32-39)34-26-24-33(25-27-34)37-28-29-46-44(31-37)42-22-12-13-23-45(42)53(46)40-19-8-3-9-20-40;36-32(37)26-17-15-21(16-18-26)28-20-25(19-24-13-7-8-14-27(24)28)31-34-29(22-9-3-1-4-10-22)33-30(35-31)23-11-5-2-6-12-23;19-13-10-11-18-16(12-13)15-8-4-5-9-17(15)20(18)14-6-2-1-3-7-14/h1-32H;1-20,36-37H;1-12H. The molecule has 4 heterocycles. The van der Waals surface area contributed by atoms with Crippen molar-refractivity contribution in [2.24, 2.45) is 0 Å². The molecule has 0 bridgehead atoms. The van der Waals surface area contributed by atoms with Crippen LogP contribution in [0.4, 0.5) is 0 Å². The highest BCUT2D eigenvalue weighted by atomic mass is 79.9. The second-order valence-electron chi connectivity index (χ2n) is 26.9. The number of para-hydroxylation sites is 4. The van der Waals surface area contributed by atoms with Gasteiger partial charge in [0, 0.05) is 70.8 Å². The SMILES string of the molecule is Brc1ccc2c(c1)c1ccccc1n2-c1ccccc1.OB(O)c1ccc(-c2cc(-c3nc(-c4ccccc4)nc(-c4ccccc4)n3)cc3ccccc23)cc1.c1ccc(-c2nc(-c3ccccc3)nc(-c3cc(-c4ccc(-c5ccc6c(c5)c5ccccc5n6-c5ccccc5)cc4)c4ccccc4c3)n2)cc1. The molecule has 16 aromatic carbocycles. The largest absolute Gasteiger partial charge is 0.488 e. The summed E-state index contributed by atoms with van der Waals surface area (Å²) in [5, 5.41) is 28.6. The van der Waals surface area contributed by atoms with E-state index in [9.17, 15) is 10.0 Å². The second kappa shape index (κ2) is 30.2. The fraction of sp³-hybridized carbons (Fsp3) is 0.